The molecule has 0 aliphatic carbocycles. The Hall–Kier alpha value is -1.88. The van der Waals surface area contributed by atoms with E-state index in [2.05, 4.69) is 21.6 Å². The highest BCUT2D eigenvalue weighted by Gasteiger charge is 2.21. The van der Waals surface area contributed by atoms with Gasteiger partial charge in [-0.1, -0.05) is 6.07 Å². The zero-order valence-electron chi connectivity index (χ0n) is 12.4. The van der Waals surface area contributed by atoms with E-state index >= 15 is 0 Å². The Balaban J connectivity index is 2.20. The molecule has 0 saturated carbocycles. The molecule has 0 fully saturated rings. The molecule has 6 heteroatoms. The maximum absolute atomic E-state index is 6.32. The molecule has 3 heterocycles. The van der Waals surface area contributed by atoms with Gasteiger partial charge in [0.25, 0.3) is 0 Å². The molecule has 0 N–H and O–H groups in total. The van der Waals surface area contributed by atoms with Gasteiger partial charge < -0.3 is 4.57 Å². The first-order valence-corrected chi connectivity index (χ1v) is 7.53. The molecule has 0 saturated heterocycles. The molecule has 0 bridgehead atoms. The predicted octanol–water partition coefficient (Wildman–Crippen LogP) is 3.30. The second-order valence-electron chi connectivity index (χ2n) is 5.07. The van der Waals surface area contributed by atoms with E-state index in [0.29, 0.717) is 6.54 Å². The Morgan fingerprint density at radius 1 is 1.33 bits per heavy atom. The fourth-order valence-electron chi connectivity index (χ4n) is 2.58. The number of rotatable bonds is 4. The number of hydrogen-bond acceptors (Lipinski definition) is 3. The standard InChI is InChI=1S/C15H18ClN5/c1-4-21-15-13(11(3)19-21)18-14(10(2)16)20(15)9-12-7-5-6-8-17-12/h5-8,10H,4,9H2,1-3H3. The minimum Gasteiger partial charge on any atom is -0.306 e. The van der Waals surface area contributed by atoms with Crippen LogP contribution in [0.1, 0.15) is 36.4 Å². The van der Waals surface area contributed by atoms with Crippen LogP contribution in [0.3, 0.4) is 0 Å². The summed E-state index contributed by atoms with van der Waals surface area (Å²) in [5.74, 6) is 0.861. The summed E-state index contributed by atoms with van der Waals surface area (Å²) in [6, 6.07) is 5.91. The number of fused-ring (bicyclic) bond motifs is 1. The molecule has 110 valence electrons. The smallest absolute Gasteiger partial charge is 0.159 e. The second kappa shape index (κ2) is 5.48. The van der Waals surface area contributed by atoms with Crippen molar-refractivity contribution in [2.75, 3.05) is 0 Å². The average Bonchev–Trinajstić information content (AvgIpc) is 2.99. The lowest BCUT2D eigenvalue weighted by Crippen LogP contribution is -2.11. The van der Waals surface area contributed by atoms with Gasteiger partial charge in [0, 0.05) is 12.7 Å². The summed E-state index contributed by atoms with van der Waals surface area (Å²) in [4.78, 5) is 9.10. The van der Waals surface area contributed by atoms with Crippen LogP contribution in [0.15, 0.2) is 24.4 Å². The molecule has 3 rings (SSSR count). The summed E-state index contributed by atoms with van der Waals surface area (Å²) in [7, 11) is 0. The number of nitrogens with zero attached hydrogens (tertiary/aromatic N) is 5. The van der Waals surface area contributed by atoms with Crippen LogP contribution < -0.4 is 0 Å². The van der Waals surface area contributed by atoms with Crippen molar-refractivity contribution in [3.63, 3.8) is 0 Å². The maximum Gasteiger partial charge on any atom is 0.159 e. The molecule has 0 spiro atoms. The van der Waals surface area contributed by atoms with Gasteiger partial charge in [-0.2, -0.15) is 5.10 Å². The lowest BCUT2D eigenvalue weighted by atomic mass is 10.3. The summed E-state index contributed by atoms with van der Waals surface area (Å²) in [6.45, 7) is 7.45. The predicted molar refractivity (Wildman–Crippen MR) is 83.5 cm³/mol. The third kappa shape index (κ3) is 2.42. The molecule has 3 aromatic heterocycles. The monoisotopic (exact) mass is 303 g/mol. The highest BCUT2D eigenvalue weighted by atomic mass is 35.5. The van der Waals surface area contributed by atoms with Crippen molar-refractivity contribution in [1.29, 1.82) is 0 Å². The molecule has 0 aliphatic heterocycles. The van der Waals surface area contributed by atoms with Gasteiger partial charge in [0.1, 0.15) is 11.3 Å². The summed E-state index contributed by atoms with van der Waals surface area (Å²) < 4.78 is 4.10. The Morgan fingerprint density at radius 2 is 2.14 bits per heavy atom. The van der Waals surface area contributed by atoms with Gasteiger partial charge in [-0.05, 0) is 32.9 Å². The number of alkyl halides is 1. The van der Waals surface area contributed by atoms with Crippen LogP contribution in [0.25, 0.3) is 11.2 Å². The van der Waals surface area contributed by atoms with E-state index in [1.165, 1.54) is 0 Å². The van der Waals surface area contributed by atoms with Crippen molar-refractivity contribution >= 4 is 22.8 Å². The van der Waals surface area contributed by atoms with E-state index in [1.54, 1.807) is 6.20 Å². The molecule has 21 heavy (non-hydrogen) atoms. The van der Waals surface area contributed by atoms with Crippen LogP contribution in [0.2, 0.25) is 0 Å². The second-order valence-corrected chi connectivity index (χ2v) is 5.72. The van der Waals surface area contributed by atoms with E-state index in [9.17, 15) is 0 Å². The van der Waals surface area contributed by atoms with Crippen LogP contribution in [-0.4, -0.2) is 24.3 Å². The summed E-state index contributed by atoms with van der Waals surface area (Å²) in [5, 5.41) is 4.38. The molecular weight excluding hydrogens is 286 g/mol. The maximum atomic E-state index is 6.32. The minimum absolute atomic E-state index is 0.161. The molecular formula is C15H18ClN5. The fraction of sp³-hybridized carbons (Fsp3) is 0.400. The van der Waals surface area contributed by atoms with Crippen LogP contribution in [0.4, 0.5) is 0 Å². The third-order valence-electron chi connectivity index (χ3n) is 3.53. The summed E-state index contributed by atoms with van der Waals surface area (Å²) in [5.41, 5.74) is 3.86. The van der Waals surface area contributed by atoms with E-state index in [0.717, 1.165) is 34.9 Å². The molecule has 5 nitrogen and oxygen atoms in total. The van der Waals surface area contributed by atoms with Crippen LogP contribution in [0.5, 0.6) is 0 Å². The SMILES string of the molecule is CCn1nc(C)c2nc(C(C)Cl)n(Cc3ccccn3)c21. The van der Waals surface area contributed by atoms with Gasteiger partial charge in [-0.3, -0.25) is 4.98 Å². The van der Waals surface area contributed by atoms with Crippen molar-refractivity contribution < 1.29 is 0 Å². The largest absolute Gasteiger partial charge is 0.306 e. The lowest BCUT2D eigenvalue weighted by molar-refractivity contribution is 0.630. The Morgan fingerprint density at radius 3 is 2.76 bits per heavy atom. The summed E-state index contributed by atoms with van der Waals surface area (Å²) >= 11 is 6.32. The Bertz CT molecular complexity index is 757. The zero-order valence-corrected chi connectivity index (χ0v) is 13.2. The molecule has 0 radical (unpaired) electrons. The normalized spacial score (nSPS) is 13.0. The van der Waals surface area contributed by atoms with Crippen molar-refractivity contribution in [3.05, 3.63) is 41.6 Å². The van der Waals surface area contributed by atoms with Gasteiger partial charge in [-0.15, -0.1) is 11.6 Å². The molecule has 0 amide bonds. The van der Waals surface area contributed by atoms with Crippen LogP contribution >= 0.6 is 11.6 Å². The first kappa shape index (κ1) is 14.1. The van der Waals surface area contributed by atoms with Crippen molar-refractivity contribution in [1.82, 2.24) is 24.3 Å². The average molecular weight is 304 g/mol. The van der Waals surface area contributed by atoms with Crippen molar-refractivity contribution in [2.24, 2.45) is 0 Å². The minimum atomic E-state index is -0.161. The van der Waals surface area contributed by atoms with E-state index < -0.39 is 0 Å². The van der Waals surface area contributed by atoms with E-state index in [-0.39, 0.29) is 5.38 Å². The van der Waals surface area contributed by atoms with Gasteiger partial charge >= 0.3 is 0 Å². The fourth-order valence-corrected chi connectivity index (χ4v) is 2.74. The van der Waals surface area contributed by atoms with E-state index in [1.807, 2.05) is 36.7 Å². The number of aryl methyl sites for hydroxylation is 2. The number of pyridine rings is 1. The van der Waals surface area contributed by atoms with Gasteiger partial charge in [0.05, 0.1) is 23.3 Å². The molecule has 1 atom stereocenters. The topological polar surface area (TPSA) is 48.5 Å². The molecule has 3 aromatic rings. The first-order valence-electron chi connectivity index (χ1n) is 7.09. The quantitative estimate of drug-likeness (QED) is 0.695. The van der Waals surface area contributed by atoms with Gasteiger partial charge in [0.15, 0.2) is 5.65 Å². The van der Waals surface area contributed by atoms with Gasteiger partial charge in [-0.25, -0.2) is 9.67 Å². The molecule has 0 aromatic carbocycles. The number of imidazole rings is 1. The summed E-state index contributed by atoms with van der Waals surface area (Å²) in [6.07, 6.45) is 1.80. The number of hydrogen-bond donors (Lipinski definition) is 0. The molecule has 0 aliphatic rings. The van der Waals surface area contributed by atoms with Crippen molar-refractivity contribution in [2.45, 2.75) is 39.2 Å². The number of halogens is 1. The highest BCUT2D eigenvalue weighted by molar-refractivity contribution is 6.20. The Kier molecular flexibility index (Phi) is 3.68. The first-order chi connectivity index (χ1) is 10.1. The number of aromatic nitrogens is 5. The highest BCUT2D eigenvalue weighted by Crippen LogP contribution is 2.27. The van der Waals surface area contributed by atoms with Crippen LogP contribution in [0, 0.1) is 6.92 Å². The van der Waals surface area contributed by atoms with E-state index in [4.69, 9.17) is 16.6 Å². The van der Waals surface area contributed by atoms with Crippen molar-refractivity contribution in [3.8, 4) is 0 Å². The Labute approximate surface area is 128 Å². The third-order valence-corrected chi connectivity index (χ3v) is 3.73. The van der Waals surface area contributed by atoms with Crippen LogP contribution in [-0.2, 0) is 13.1 Å². The molecule has 1 unspecified atom stereocenters. The lowest BCUT2D eigenvalue weighted by Gasteiger charge is -2.11. The zero-order chi connectivity index (χ0) is 15.0. The van der Waals surface area contributed by atoms with Gasteiger partial charge in [0.2, 0.25) is 0 Å².